The number of carbonyl (C=O) groups excluding carboxylic acids is 1. The lowest BCUT2D eigenvalue weighted by Crippen LogP contribution is -2.29. The van der Waals surface area contributed by atoms with Crippen molar-refractivity contribution in [1.82, 2.24) is 20.2 Å². The van der Waals surface area contributed by atoms with Gasteiger partial charge in [-0.1, -0.05) is 13.8 Å². The van der Waals surface area contributed by atoms with Crippen LogP contribution in [-0.2, 0) is 11.3 Å². The molecular formula is C9H12N4O. The van der Waals surface area contributed by atoms with Gasteiger partial charge in [0, 0.05) is 5.41 Å². The molecule has 5 nitrogen and oxygen atoms in total. The average molecular weight is 192 g/mol. The van der Waals surface area contributed by atoms with Gasteiger partial charge in [-0.15, -0.1) is 5.10 Å². The molecule has 1 aromatic rings. The average Bonchev–Trinajstić information content (AvgIpc) is 2.47. The molecule has 0 spiro atoms. The molecule has 1 aromatic heterocycles. The number of Topliss-reactive ketones (excluding diaryl/α,β-unsaturated/α-hetero) is 1. The quantitative estimate of drug-likeness (QED) is 0.606. The van der Waals surface area contributed by atoms with Gasteiger partial charge in [0.2, 0.25) is 0 Å². The van der Waals surface area contributed by atoms with Crippen molar-refractivity contribution in [3.05, 3.63) is 11.4 Å². The zero-order valence-electron chi connectivity index (χ0n) is 8.48. The summed E-state index contributed by atoms with van der Waals surface area (Å²) in [6.07, 6.45) is 1.73. The standard InChI is InChI=1S/C9H12N4O/c1-6-4-7-10-11-12-13(7)5-9(2,3)8(6)14/h4H,5H2,1-3H3. The third-order valence-electron chi connectivity index (χ3n) is 2.42. The van der Waals surface area contributed by atoms with Crippen LogP contribution in [0.3, 0.4) is 0 Å². The summed E-state index contributed by atoms with van der Waals surface area (Å²) < 4.78 is 1.66. The van der Waals surface area contributed by atoms with Crippen molar-refractivity contribution < 1.29 is 4.79 Å². The van der Waals surface area contributed by atoms with Gasteiger partial charge in [0.15, 0.2) is 11.6 Å². The molecule has 0 N–H and O–H groups in total. The minimum atomic E-state index is -0.429. The summed E-state index contributed by atoms with van der Waals surface area (Å²) >= 11 is 0. The van der Waals surface area contributed by atoms with Gasteiger partial charge < -0.3 is 0 Å². The Morgan fingerprint density at radius 3 is 2.93 bits per heavy atom. The normalized spacial score (nSPS) is 19.9. The first-order chi connectivity index (χ1) is 6.50. The summed E-state index contributed by atoms with van der Waals surface area (Å²) in [6, 6.07) is 0. The monoisotopic (exact) mass is 192 g/mol. The molecule has 0 atom stereocenters. The zero-order valence-corrected chi connectivity index (χ0v) is 8.48. The predicted octanol–water partition coefficient (Wildman–Crippen LogP) is 0.685. The topological polar surface area (TPSA) is 60.7 Å². The first-order valence-electron chi connectivity index (χ1n) is 4.50. The highest BCUT2D eigenvalue weighted by Crippen LogP contribution is 2.27. The molecule has 0 fully saturated rings. The summed E-state index contributed by atoms with van der Waals surface area (Å²) in [4.78, 5) is 11.9. The Morgan fingerprint density at radius 2 is 2.21 bits per heavy atom. The number of ketones is 1. The number of nitrogens with zero attached hydrogens (tertiary/aromatic N) is 4. The summed E-state index contributed by atoms with van der Waals surface area (Å²) in [6.45, 7) is 6.14. The number of tetrazole rings is 1. The van der Waals surface area contributed by atoms with Crippen molar-refractivity contribution in [3.63, 3.8) is 0 Å². The molecule has 2 heterocycles. The molecule has 0 aliphatic carbocycles. The predicted molar refractivity (Wildman–Crippen MR) is 50.3 cm³/mol. The van der Waals surface area contributed by atoms with Crippen molar-refractivity contribution in [2.24, 2.45) is 5.41 Å². The van der Waals surface area contributed by atoms with E-state index >= 15 is 0 Å². The summed E-state index contributed by atoms with van der Waals surface area (Å²) in [5.74, 6) is 0.797. The van der Waals surface area contributed by atoms with E-state index in [2.05, 4.69) is 15.5 Å². The van der Waals surface area contributed by atoms with Crippen molar-refractivity contribution in [2.75, 3.05) is 0 Å². The second kappa shape index (κ2) is 2.73. The molecule has 0 bridgehead atoms. The Labute approximate surface area is 81.8 Å². The van der Waals surface area contributed by atoms with Crippen LogP contribution < -0.4 is 0 Å². The highest BCUT2D eigenvalue weighted by atomic mass is 16.1. The van der Waals surface area contributed by atoms with Crippen LogP contribution in [0.2, 0.25) is 0 Å². The van der Waals surface area contributed by atoms with Gasteiger partial charge in [-0.3, -0.25) is 4.79 Å². The van der Waals surface area contributed by atoms with E-state index in [0.717, 1.165) is 0 Å². The Bertz CT molecular complexity index is 416. The van der Waals surface area contributed by atoms with Gasteiger partial charge in [0.25, 0.3) is 0 Å². The van der Waals surface area contributed by atoms with Gasteiger partial charge in [-0.05, 0) is 29.0 Å². The Balaban J connectivity index is 2.56. The molecule has 0 radical (unpaired) electrons. The minimum Gasteiger partial charge on any atom is -0.294 e. The molecule has 1 aliphatic rings. The highest BCUT2D eigenvalue weighted by Gasteiger charge is 2.32. The summed E-state index contributed by atoms with van der Waals surface area (Å²) in [5, 5.41) is 11.3. The van der Waals surface area contributed by atoms with Gasteiger partial charge >= 0.3 is 0 Å². The Morgan fingerprint density at radius 1 is 1.50 bits per heavy atom. The van der Waals surface area contributed by atoms with E-state index in [-0.39, 0.29) is 5.78 Å². The van der Waals surface area contributed by atoms with E-state index in [4.69, 9.17) is 0 Å². The Kier molecular flexibility index (Phi) is 1.77. The van der Waals surface area contributed by atoms with Gasteiger partial charge in [-0.2, -0.15) is 0 Å². The molecule has 0 saturated heterocycles. The lowest BCUT2D eigenvalue weighted by Gasteiger charge is -2.20. The molecule has 74 valence electrons. The van der Waals surface area contributed by atoms with E-state index < -0.39 is 5.41 Å². The minimum absolute atomic E-state index is 0.143. The fourth-order valence-corrected chi connectivity index (χ4v) is 1.67. The second-order valence-electron chi connectivity index (χ2n) is 4.24. The van der Waals surface area contributed by atoms with Crippen molar-refractivity contribution >= 4 is 11.9 Å². The Hall–Kier alpha value is -1.52. The van der Waals surface area contributed by atoms with Crippen LogP contribution in [0.25, 0.3) is 6.08 Å². The molecule has 14 heavy (non-hydrogen) atoms. The molecule has 1 aliphatic heterocycles. The van der Waals surface area contributed by atoms with Crippen LogP contribution in [0, 0.1) is 5.41 Å². The second-order valence-corrected chi connectivity index (χ2v) is 4.24. The van der Waals surface area contributed by atoms with Crippen LogP contribution in [0.4, 0.5) is 0 Å². The molecule has 0 amide bonds. The fraction of sp³-hybridized carbons (Fsp3) is 0.556. The molecule has 0 unspecified atom stereocenters. The van der Waals surface area contributed by atoms with E-state index in [1.807, 2.05) is 13.8 Å². The van der Waals surface area contributed by atoms with Crippen LogP contribution in [-0.4, -0.2) is 26.0 Å². The van der Waals surface area contributed by atoms with Crippen LogP contribution in [0.15, 0.2) is 5.57 Å². The number of hydrogen-bond donors (Lipinski definition) is 0. The molecule has 5 heteroatoms. The number of hydrogen-bond acceptors (Lipinski definition) is 4. The van der Waals surface area contributed by atoms with Crippen molar-refractivity contribution in [3.8, 4) is 0 Å². The third kappa shape index (κ3) is 1.25. The maximum absolute atomic E-state index is 11.9. The summed E-state index contributed by atoms with van der Waals surface area (Å²) in [7, 11) is 0. The molecule has 0 saturated carbocycles. The van der Waals surface area contributed by atoms with Crippen molar-refractivity contribution in [2.45, 2.75) is 27.3 Å². The van der Waals surface area contributed by atoms with Crippen LogP contribution >= 0.6 is 0 Å². The van der Waals surface area contributed by atoms with Gasteiger partial charge in [0.1, 0.15) is 0 Å². The fourth-order valence-electron chi connectivity index (χ4n) is 1.67. The maximum atomic E-state index is 11.9. The number of carbonyl (C=O) groups is 1. The van der Waals surface area contributed by atoms with E-state index in [0.29, 0.717) is 17.9 Å². The van der Waals surface area contributed by atoms with Crippen LogP contribution in [0.5, 0.6) is 0 Å². The van der Waals surface area contributed by atoms with Crippen molar-refractivity contribution in [1.29, 1.82) is 0 Å². The third-order valence-corrected chi connectivity index (χ3v) is 2.42. The largest absolute Gasteiger partial charge is 0.294 e. The van der Waals surface area contributed by atoms with Gasteiger partial charge in [0.05, 0.1) is 6.54 Å². The smallest absolute Gasteiger partial charge is 0.175 e. The number of aromatic nitrogens is 4. The number of allylic oxidation sites excluding steroid dienone is 1. The number of fused-ring (bicyclic) bond motifs is 1. The van der Waals surface area contributed by atoms with E-state index in [1.165, 1.54) is 0 Å². The van der Waals surface area contributed by atoms with Gasteiger partial charge in [-0.25, -0.2) is 4.68 Å². The number of rotatable bonds is 0. The first-order valence-corrected chi connectivity index (χ1v) is 4.50. The summed E-state index contributed by atoms with van der Waals surface area (Å²) in [5.41, 5.74) is 0.282. The first kappa shape index (κ1) is 9.05. The van der Waals surface area contributed by atoms with E-state index in [1.54, 1.807) is 17.7 Å². The lowest BCUT2D eigenvalue weighted by atomic mass is 9.85. The molecule has 2 rings (SSSR count). The zero-order chi connectivity index (χ0) is 10.3. The van der Waals surface area contributed by atoms with Crippen LogP contribution in [0.1, 0.15) is 26.6 Å². The molecule has 0 aromatic carbocycles. The molecular weight excluding hydrogens is 180 g/mol. The lowest BCUT2D eigenvalue weighted by molar-refractivity contribution is -0.123. The van der Waals surface area contributed by atoms with E-state index in [9.17, 15) is 4.79 Å². The highest BCUT2D eigenvalue weighted by molar-refractivity contribution is 6.02. The SMILES string of the molecule is CC1=Cc2nnnn2CC(C)(C)C1=O. The maximum Gasteiger partial charge on any atom is 0.175 e.